The van der Waals surface area contributed by atoms with Gasteiger partial charge >= 0.3 is 0 Å². The highest BCUT2D eigenvalue weighted by atomic mass is 14.7. The van der Waals surface area contributed by atoms with Crippen molar-refractivity contribution in [3.8, 4) is 22.3 Å². The molecule has 38 heavy (non-hydrogen) atoms. The number of hydrogen-bond acceptors (Lipinski definition) is 0. The Morgan fingerprint density at radius 2 is 1.37 bits per heavy atom. The normalized spacial score (nSPS) is 22.1. The maximum Gasteiger partial charge on any atom is 0.0547 e. The van der Waals surface area contributed by atoms with Crippen LogP contribution >= 0.6 is 0 Å². The summed E-state index contributed by atoms with van der Waals surface area (Å²) in [4.78, 5) is 3.87. The number of allylic oxidation sites excluding steroid dienone is 4. The second-order valence-corrected chi connectivity index (χ2v) is 10.9. The molecule has 0 bridgehead atoms. The zero-order valence-electron chi connectivity index (χ0n) is 20.9. The summed E-state index contributed by atoms with van der Waals surface area (Å²) in [5.74, 6) is 0.751. The highest BCUT2D eigenvalue weighted by Gasteiger charge is 2.57. The van der Waals surface area contributed by atoms with Crippen molar-refractivity contribution in [2.45, 2.75) is 11.3 Å². The van der Waals surface area contributed by atoms with E-state index in [-0.39, 0.29) is 5.41 Å². The van der Waals surface area contributed by atoms with Crippen LogP contribution in [0.15, 0.2) is 133 Å². The van der Waals surface area contributed by atoms with Crippen LogP contribution in [0.1, 0.15) is 28.2 Å². The number of fused-ring (bicyclic) bond motifs is 14. The molecule has 1 aromatic heterocycles. The van der Waals surface area contributed by atoms with Crippen molar-refractivity contribution in [2.75, 3.05) is 0 Å². The van der Waals surface area contributed by atoms with E-state index in [0.717, 1.165) is 0 Å². The minimum atomic E-state index is -0.185. The average Bonchev–Trinajstić information content (AvgIpc) is 3.61. The van der Waals surface area contributed by atoms with Gasteiger partial charge < -0.3 is 4.98 Å². The lowest BCUT2D eigenvalue weighted by Crippen LogP contribution is -2.32. The smallest absolute Gasteiger partial charge is 0.0547 e. The topological polar surface area (TPSA) is 15.8 Å². The molecule has 0 amide bonds. The van der Waals surface area contributed by atoms with Gasteiger partial charge in [0.25, 0.3) is 0 Å². The van der Waals surface area contributed by atoms with Gasteiger partial charge in [0.05, 0.1) is 10.9 Å². The summed E-state index contributed by atoms with van der Waals surface area (Å²) in [5, 5.41) is 2.58. The molecule has 1 heterocycles. The zero-order valence-corrected chi connectivity index (χ0v) is 20.9. The van der Waals surface area contributed by atoms with Gasteiger partial charge in [-0.15, -0.1) is 0 Å². The van der Waals surface area contributed by atoms with Crippen molar-refractivity contribution in [3.05, 3.63) is 156 Å². The molecule has 0 fully saturated rings. The Morgan fingerprint density at radius 3 is 2.29 bits per heavy atom. The van der Waals surface area contributed by atoms with Gasteiger partial charge in [0.2, 0.25) is 0 Å². The van der Waals surface area contributed by atoms with Gasteiger partial charge in [-0.25, -0.2) is 0 Å². The number of H-pyrrole nitrogens is 1. The summed E-state index contributed by atoms with van der Waals surface area (Å²) in [6.45, 7) is 0. The molecule has 1 nitrogen and oxygen atoms in total. The fraction of sp³-hybridized carbons (Fsp3) is 0.0811. The van der Waals surface area contributed by atoms with Gasteiger partial charge in [-0.2, -0.15) is 0 Å². The summed E-state index contributed by atoms with van der Waals surface area (Å²) in [7, 11) is 0. The van der Waals surface area contributed by atoms with Crippen LogP contribution in [-0.2, 0) is 5.41 Å². The SMILES string of the molecule is C1=CC2c3ccccc3C3(c4ccccc4-c4c3ccc3c4[nH]c4ccc(-c5ccccc5)cc43)C2C=C1. The fourth-order valence-electron chi connectivity index (χ4n) is 7.87. The van der Waals surface area contributed by atoms with Gasteiger partial charge in [-0.1, -0.05) is 121 Å². The van der Waals surface area contributed by atoms with Crippen molar-refractivity contribution in [3.63, 3.8) is 0 Å². The lowest BCUT2D eigenvalue weighted by atomic mass is 9.65. The molecule has 9 rings (SSSR count). The van der Waals surface area contributed by atoms with E-state index in [4.69, 9.17) is 0 Å². The molecule has 178 valence electrons. The summed E-state index contributed by atoms with van der Waals surface area (Å²) in [6.07, 6.45) is 9.34. The average molecular weight is 484 g/mol. The van der Waals surface area contributed by atoms with Crippen LogP contribution < -0.4 is 0 Å². The van der Waals surface area contributed by atoms with Crippen LogP contribution in [0.25, 0.3) is 44.1 Å². The summed E-state index contributed by atoms with van der Waals surface area (Å²) in [6, 6.07) is 40.6. The molecular weight excluding hydrogens is 458 g/mol. The number of aromatic amines is 1. The van der Waals surface area contributed by atoms with E-state index in [1.54, 1.807) is 0 Å². The van der Waals surface area contributed by atoms with Crippen LogP contribution in [0, 0.1) is 5.92 Å². The molecule has 0 saturated heterocycles. The third-order valence-electron chi connectivity index (χ3n) is 9.31. The van der Waals surface area contributed by atoms with E-state index in [1.165, 1.54) is 66.3 Å². The Balaban J connectivity index is 1.38. The highest BCUT2D eigenvalue weighted by molar-refractivity contribution is 6.15. The molecule has 0 saturated carbocycles. The third kappa shape index (κ3) is 2.38. The maximum atomic E-state index is 3.87. The zero-order chi connectivity index (χ0) is 24.8. The molecule has 0 aliphatic heterocycles. The second-order valence-electron chi connectivity index (χ2n) is 10.9. The van der Waals surface area contributed by atoms with Crippen LogP contribution in [0.5, 0.6) is 0 Å². The minimum Gasteiger partial charge on any atom is -0.354 e. The maximum absolute atomic E-state index is 3.87. The number of rotatable bonds is 1. The summed E-state index contributed by atoms with van der Waals surface area (Å²) < 4.78 is 0. The molecule has 5 aromatic carbocycles. The largest absolute Gasteiger partial charge is 0.354 e. The Bertz CT molecular complexity index is 1990. The molecule has 0 radical (unpaired) electrons. The summed E-state index contributed by atoms with van der Waals surface area (Å²) in [5.41, 5.74) is 13.3. The number of nitrogens with one attached hydrogen (secondary N) is 1. The molecule has 1 spiro atoms. The van der Waals surface area contributed by atoms with Crippen LogP contribution in [0.4, 0.5) is 0 Å². The van der Waals surface area contributed by atoms with Crippen molar-refractivity contribution < 1.29 is 0 Å². The Labute approximate surface area is 221 Å². The van der Waals surface area contributed by atoms with Crippen molar-refractivity contribution >= 4 is 21.8 Å². The van der Waals surface area contributed by atoms with Gasteiger partial charge in [-0.3, -0.25) is 0 Å². The van der Waals surface area contributed by atoms with E-state index < -0.39 is 0 Å². The van der Waals surface area contributed by atoms with Gasteiger partial charge in [0.15, 0.2) is 0 Å². The van der Waals surface area contributed by atoms with E-state index in [2.05, 4.69) is 138 Å². The van der Waals surface area contributed by atoms with Crippen molar-refractivity contribution in [1.29, 1.82) is 0 Å². The first-order valence-electron chi connectivity index (χ1n) is 13.5. The predicted octanol–water partition coefficient (Wildman–Crippen LogP) is 9.14. The first kappa shape index (κ1) is 20.4. The lowest BCUT2D eigenvalue weighted by Gasteiger charge is -2.36. The van der Waals surface area contributed by atoms with E-state index in [1.807, 2.05) is 0 Å². The Hall–Kier alpha value is -4.62. The van der Waals surface area contributed by atoms with Crippen LogP contribution in [-0.4, -0.2) is 4.98 Å². The Kier molecular flexibility index (Phi) is 3.89. The molecule has 1 heteroatoms. The summed E-state index contributed by atoms with van der Waals surface area (Å²) >= 11 is 0. The van der Waals surface area contributed by atoms with Gasteiger partial charge in [0.1, 0.15) is 0 Å². The molecule has 1 N–H and O–H groups in total. The van der Waals surface area contributed by atoms with Crippen LogP contribution in [0.3, 0.4) is 0 Å². The van der Waals surface area contributed by atoms with E-state index >= 15 is 0 Å². The number of aromatic nitrogens is 1. The number of benzene rings is 5. The van der Waals surface area contributed by atoms with Gasteiger partial charge in [0, 0.05) is 33.7 Å². The van der Waals surface area contributed by atoms with Crippen molar-refractivity contribution in [2.24, 2.45) is 5.92 Å². The first-order chi connectivity index (χ1) is 18.9. The predicted molar refractivity (Wildman–Crippen MR) is 158 cm³/mol. The molecule has 3 unspecified atom stereocenters. The highest BCUT2D eigenvalue weighted by Crippen LogP contribution is 2.66. The van der Waals surface area contributed by atoms with Crippen molar-refractivity contribution in [1.82, 2.24) is 4.98 Å². The standard InChI is InChI=1S/C37H25N/c1-2-10-23(11-3-1)24-18-21-34-29(22-24)27-19-20-33-35(36(27)38-34)28-14-6-9-17-32(28)37(33)30-15-7-4-12-25(30)26-13-5-8-16-31(26)37/h1-22,25,30,38H. The molecule has 6 aromatic rings. The first-order valence-corrected chi connectivity index (χ1v) is 13.5. The second kappa shape index (κ2) is 7.24. The van der Waals surface area contributed by atoms with Crippen LogP contribution in [0.2, 0.25) is 0 Å². The Morgan fingerprint density at radius 1 is 0.579 bits per heavy atom. The quantitative estimate of drug-likeness (QED) is 0.240. The number of hydrogen-bond donors (Lipinski definition) is 1. The monoisotopic (exact) mass is 483 g/mol. The lowest BCUT2D eigenvalue weighted by molar-refractivity contribution is 0.466. The van der Waals surface area contributed by atoms with E-state index in [9.17, 15) is 0 Å². The van der Waals surface area contributed by atoms with E-state index in [0.29, 0.717) is 11.8 Å². The van der Waals surface area contributed by atoms with Gasteiger partial charge in [-0.05, 0) is 51.1 Å². The third-order valence-corrected chi connectivity index (χ3v) is 9.31. The molecule has 3 aliphatic carbocycles. The molecule has 3 atom stereocenters. The molecule has 3 aliphatic rings. The minimum absolute atomic E-state index is 0.185. The molecular formula is C37H25N. The fourth-order valence-corrected chi connectivity index (χ4v) is 7.87.